The zero-order valence-corrected chi connectivity index (χ0v) is 51.7. The maximum atomic E-state index is 13.3. The molecule has 0 saturated heterocycles. The van der Waals surface area contributed by atoms with Gasteiger partial charge in [-0.3, -0.25) is 28.6 Å². The lowest BCUT2D eigenvalue weighted by molar-refractivity contribution is -0.144. The van der Waals surface area contributed by atoms with E-state index in [2.05, 4.69) is 19.2 Å². The number of alkyl carbamates (subject to hydrolysis) is 1. The minimum absolute atomic E-state index is 0.000950. The highest BCUT2D eigenvalue weighted by atomic mass is 31.2. The van der Waals surface area contributed by atoms with Crippen LogP contribution in [0.25, 0.3) is 27.9 Å². The number of hydrogen-bond acceptors (Lipinski definition) is 16. The molecule has 1 unspecified atom stereocenters. The van der Waals surface area contributed by atoms with Crippen molar-refractivity contribution in [3.63, 3.8) is 0 Å². The largest absolute Gasteiger partial charge is 0.494 e. The number of nitrogens with one attached hydrogen (secondary N) is 1. The Morgan fingerprint density at radius 2 is 0.955 bits per heavy atom. The average Bonchev–Trinajstić information content (AvgIpc) is 3.93. The Bertz CT molecular complexity index is 3630. The van der Waals surface area contributed by atoms with Crippen molar-refractivity contribution in [3.8, 4) is 11.5 Å². The SMILES string of the molecule is CCCCOc1ccc2c(/C=C(\NC(=O)OC(C)(C)C)C(=O)OCc3ccccc3)cn(C(=O)OCc3ccccc3)c2c1.CCCCOc1ccc2c(C=O)cn(C(=O)OCc3ccccc3)c2c1.COP(=O)(OC)C(C)C(=O)OCc1ccccc1. The number of esters is 2. The number of fused-ring (bicyclic) bond motifs is 2. The lowest BCUT2D eigenvalue weighted by atomic mass is 10.1. The van der Waals surface area contributed by atoms with Gasteiger partial charge in [-0.15, -0.1) is 0 Å². The van der Waals surface area contributed by atoms with E-state index in [9.17, 15) is 33.3 Å². The van der Waals surface area contributed by atoms with Gasteiger partial charge in [-0.2, -0.15) is 0 Å². The Labute approximate surface area is 512 Å². The molecule has 0 aliphatic heterocycles. The smallest absolute Gasteiger partial charge is 0.418 e. The third-order valence-electron chi connectivity index (χ3n) is 13.0. The summed E-state index contributed by atoms with van der Waals surface area (Å²) in [7, 11) is -0.941. The van der Waals surface area contributed by atoms with E-state index in [1.54, 1.807) is 57.3 Å². The van der Waals surface area contributed by atoms with Crippen LogP contribution >= 0.6 is 7.60 Å². The molecule has 2 aromatic heterocycles. The number of ether oxygens (including phenoxy) is 7. The van der Waals surface area contributed by atoms with E-state index >= 15 is 0 Å². The summed E-state index contributed by atoms with van der Waals surface area (Å²) < 4.78 is 62.8. The van der Waals surface area contributed by atoms with Crippen LogP contribution in [0.15, 0.2) is 176 Å². The van der Waals surface area contributed by atoms with Crippen molar-refractivity contribution in [3.05, 3.63) is 209 Å². The Morgan fingerprint density at radius 1 is 0.557 bits per heavy atom. The first-order chi connectivity index (χ1) is 42.4. The molecule has 0 fully saturated rings. The van der Waals surface area contributed by atoms with Crippen LogP contribution in [0.4, 0.5) is 14.4 Å². The Hall–Kier alpha value is -9.29. The van der Waals surface area contributed by atoms with Crippen molar-refractivity contribution in [2.24, 2.45) is 0 Å². The molecule has 1 amide bonds. The van der Waals surface area contributed by atoms with Crippen LogP contribution in [0.5, 0.6) is 11.5 Å². The summed E-state index contributed by atoms with van der Waals surface area (Å²) in [5, 5.41) is 3.85. The van der Waals surface area contributed by atoms with Crippen LogP contribution in [0.2, 0.25) is 0 Å². The molecule has 1 atom stereocenters. The first kappa shape index (κ1) is 67.8. The molecule has 6 aromatic carbocycles. The number of rotatable bonds is 24. The molecule has 19 nitrogen and oxygen atoms in total. The zero-order chi connectivity index (χ0) is 63.5. The van der Waals surface area contributed by atoms with E-state index in [0.29, 0.717) is 57.6 Å². The molecule has 0 aliphatic rings. The lowest BCUT2D eigenvalue weighted by Crippen LogP contribution is -2.34. The van der Waals surface area contributed by atoms with Crippen LogP contribution in [-0.2, 0) is 73.3 Å². The monoisotopic (exact) mass is 1220 g/mol. The Kier molecular flexibility index (Phi) is 26.3. The predicted molar refractivity (Wildman–Crippen MR) is 335 cm³/mol. The van der Waals surface area contributed by atoms with Crippen molar-refractivity contribution < 1.29 is 75.5 Å². The molecule has 1 N–H and O–H groups in total. The van der Waals surface area contributed by atoms with Gasteiger partial charge in [-0.1, -0.05) is 148 Å². The maximum absolute atomic E-state index is 13.3. The summed E-state index contributed by atoms with van der Waals surface area (Å²) >= 11 is 0. The Balaban J connectivity index is 0.000000236. The highest BCUT2D eigenvalue weighted by Crippen LogP contribution is 2.51. The van der Waals surface area contributed by atoms with Crippen LogP contribution in [0.1, 0.15) is 105 Å². The summed E-state index contributed by atoms with van der Waals surface area (Å²) in [4.78, 5) is 74.9. The third-order valence-corrected chi connectivity index (χ3v) is 15.2. The number of hydrogen-bond donors (Lipinski definition) is 1. The topological polar surface area (TPSA) is 224 Å². The van der Waals surface area contributed by atoms with Crippen molar-refractivity contribution in [1.82, 2.24) is 14.5 Å². The number of unbranched alkanes of at least 4 members (excludes halogenated alkanes) is 2. The molecule has 464 valence electrons. The van der Waals surface area contributed by atoms with Gasteiger partial charge in [0.2, 0.25) is 0 Å². The average molecular weight is 1220 g/mol. The first-order valence-electron chi connectivity index (χ1n) is 28.7. The molecular formula is C68H76N3O16P. The minimum Gasteiger partial charge on any atom is -0.494 e. The van der Waals surface area contributed by atoms with Crippen molar-refractivity contribution >= 4 is 72.0 Å². The number of benzene rings is 6. The molecule has 0 saturated carbocycles. The highest BCUT2D eigenvalue weighted by molar-refractivity contribution is 7.55. The van der Waals surface area contributed by atoms with Crippen molar-refractivity contribution in [2.45, 2.75) is 105 Å². The molecule has 88 heavy (non-hydrogen) atoms. The molecule has 20 heteroatoms. The van der Waals surface area contributed by atoms with Gasteiger partial charge in [0.1, 0.15) is 49.2 Å². The fourth-order valence-corrected chi connectivity index (χ4v) is 9.40. The molecular weight excluding hydrogens is 1150 g/mol. The van der Waals surface area contributed by atoms with Gasteiger partial charge in [0.15, 0.2) is 11.9 Å². The number of aldehydes is 1. The van der Waals surface area contributed by atoms with E-state index < -0.39 is 49.1 Å². The number of carbonyl (C=O) groups is 6. The molecule has 8 aromatic rings. The zero-order valence-electron chi connectivity index (χ0n) is 50.8. The molecule has 0 radical (unpaired) electrons. The van der Waals surface area contributed by atoms with Crippen LogP contribution in [-0.4, -0.2) is 84.3 Å². The van der Waals surface area contributed by atoms with Gasteiger partial charge in [0.25, 0.3) is 0 Å². The van der Waals surface area contributed by atoms with E-state index in [4.69, 9.17) is 42.2 Å². The number of amides is 1. The van der Waals surface area contributed by atoms with E-state index in [0.717, 1.165) is 54.2 Å². The highest BCUT2D eigenvalue weighted by Gasteiger charge is 2.37. The van der Waals surface area contributed by atoms with Crippen LogP contribution < -0.4 is 14.8 Å². The standard InChI is InChI=1S/C35H38N2O7.C21H21NO4.C12H17O5P/c1-5-6-19-41-28-17-18-29-27(22-37(31(29)21-28)34(40)43-24-26-15-11-8-12-16-26)20-30(36-33(39)44-35(2,3)4)32(38)42-23-25-13-9-7-10-14-25;1-2-3-11-25-18-9-10-19-17(14-23)13-22(20(19)12-18)21(24)26-15-16-7-5-4-6-8-16;1-10(18(14,15-2)16-3)12(13)17-9-11-7-5-4-6-8-11/h7-18,20-22H,5-6,19,23-24H2,1-4H3,(H,36,39);4-10,12-14H,2-3,11,15H2,1H3;4-8,10H,9H2,1-3H3/b30-20-;;. The predicted octanol–water partition coefficient (Wildman–Crippen LogP) is 15.0. The first-order valence-corrected chi connectivity index (χ1v) is 30.3. The number of aromatic nitrogens is 2. The maximum Gasteiger partial charge on any atom is 0.418 e. The molecule has 0 bridgehead atoms. The van der Waals surface area contributed by atoms with Crippen molar-refractivity contribution in [2.75, 3.05) is 27.4 Å². The van der Waals surface area contributed by atoms with Gasteiger partial charge >= 0.3 is 37.8 Å². The molecule has 0 aliphatic carbocycles. The third kappa shape index (κ3) is 20.7. The van der Waals surface area contributed by atoms with E-state index in [1.165, 1.54) is 42.6 Å². The number of carbonyl (C=O) groups excluding carboxylic acids is 6. The summed E-state index contributed by atoms with van der Waals surface area (Å²) in [5.74, 6) is -0.123. The van der Waals surface area contributed by atoms with Crippen LogP contribution in [0.3, 0.4) is 0 Å². The summed E-state index contributed by atoms with van der Waals surface area (Å²) in [6.45, 7) is 12.3. The van der Waals surface area contributed by atoms with E-state index in [1.807, 2.05) is 127 Å². The van der Waals surface area contributed by atoms with Crippen LogP contribution in [0, 0.1) is 0 Å². The summed E-state index contributed by atoms with van der Waals surface area (Å²) in [6.07, 6.45) is 7.14. The van der Waals surface area contributed by atoms with Crippen molar-refractivity contribution in [1.29, 1.82) is 0 Å². The van der Waals surface area contributed by atoms with Gasteiger partial charge in [-0.25, -0.2) is 19.2 Å². The van der Waals surface area contributed by atoms with E-state index in [-0.39, 0.29) is 32.1 Å². The quantitative estimate of drug-likeness (QED) is 0.0148. The van der Waals surface area contributed by atoms with Gasteiger partial charge in [-0.05, 0) is 93.1 Å². The van der Waals surface area contributed by atoms with Gasteiger partial charge in [0.05, 0.1) is 24.2 Å². The second-order valence-corrected chi connectivity index (χ2v) is 23.4. The molecule has 2 heterocycles. The second kappa shape index (κ2) is 34.2. The van der Waals surface area contributed by atoms with Gasteiger partial charge in [0, 0.05) is 60.6 Å². The minimum atomic E-state index is -3.42. The fraction of sp³-hybridized carbons (Fsp3) is 0.294. The second-order valence-electron chi connectivity index (χ2n) is 20.8. The fourth-order valence-electron chi connectivity index (χ4n) is 8.29. The normalized spacial score (nSPS) is 11.6. The van der Waals surface area contributed by atoms with Gasteiger partial charge < -0.3 is 42.2 Å². The molecule has 0 spiro atoms. The summed E-state index contributed by atoms with van der Waals surface area (Å²) in [5.41, 5.74) is 3.51. The Morgan fingerprint density at radius 3 is 1.35 bits per heavy atom. The lowest BCUT2D eigenvalue weighted by Gasteiger charge is -2.20. The molecule has 8 rings (SSSR count). The number of nitrogens with zero attached hydrogens (tertiary/aromatic N) is 2. The summed E-state index contributed by atoms with van der Waals surface area (Å²) in [6, 6.07) is 48.0.